The Morgan fingerprint density at radius 1 is 1.37 bits per heavy atom. The SMILES string of the molecule is COC(c1ccccc1)c1nc2c(s1)CCCC2N. The third kappa shape index (κ3) is 2.43. The molecule has 1 heterocycles. The quantitative estimate of drug-likeness (QED) is 0.935. The summed E-state index contributed by atoms with van der Waals surface area (Å²) < 4.78 is 5.64. The molecule has 0 spiro atoms. The van der Waals surface area contributed by atoms with E-state index in [2.05, 4.69) is 12.1 Å². The Hall–Kier alpha value is -1.23. The van der Waals surface area contributed by atoms with E-state index in [0.29, 0.717) is 0 Å². The Labute approximate surface area is 117 Å². The van der Waals surface area contributed by atoms with Crippen LogP contribution in [0.5, 0.6) is 0 Å². The van der Waals surface area contributed by atoms with Gasteiger partial charge in [-0.1, -0.05) is 30.3 Å². The fourth-order valence-electron chi connectivity index (χ4n) is 2.59. The maximum Gasteiger partial charge on any atom is 0.134 e. The van der Waals surface area contributed by atoms with Crippen LogP contribution in [0.25, 0.3) is 0 Å². The van der Waals surface area contributed by atoms with Crippen LogP contribution >= 0.6 is 11.3 Å². The summed E-state index contributed by atoms with van der Waals surface area (Å²) >= 11 is 1.75. The van der Waals surface area contributed by atoms with Crippen molar-refractivity contribution in [1.82, 2.24) is 4.98 Å². The molecule has 0 amide bonds. The van der Waals surface area contributed by atoms with Crippen molar-refractivity contribution in [1.29, 1.82) is 0 Å². The van der Waals surface area contributed by atoms with Crippen molar-refractivity contribution in [2.75, 3.05) is 7.11 Å². The summed E-state index contributed by atoms with van der Waals surface area (Å²) in [6.07, 6.45) is 3.23. The average Bonchev–Trinajstić information content (AvgIpc) is 2.86. The molecule has 0 bridgehead atoms. The van der Waals surface area contributed by atoms with E-state index in [9.17, 15) is 0 Å². The molecule has 100 valence electrons. The number of fused-ring (bicyclic) bond motifs is 1. The molecule has 0 fully saturated rings. The van der Waals surface area contributed by atoms with Gasteiger partial charge in [0.25, 0.3) is 0 Å². The van der Waals surface area contributed by atoms with Gasteiger partial charge in [0.05, 0.1) is 5.69 Å². The van der Waals surface area contributed by atoms with Gasteiger partial charge in [0.2, 0.25) is 0 Å². The highest BCUT2D eigenvalue weighted by Gasteiger charge is 2.25. The predicted octanol–water partition coefficient (Wildman–Crippen LogP) is 3.22. The molecule has 2 atom stereocenters. The molecule has 0 saturated carbocycles. The van der Waals surface area contributed by atoms with Crippen molar-refractivity contribution in [3.63, 3.8) is 0 Å². The first-order chi connectivity index (χ1) is 9.29. The molecule has 1 aromatic carbocycles. The summed E-state index contributed by atoms with van der Waals surface area (Å²) in [7, 11) is 1.73. The molecule has 3 rings (SSSR count). The van der Waals surface area contributed by atoms with E-state index in [4.69, 9.17) is 15.5 Å². The molecule has 0 aliphatic heterocycles. The lowest BCUT2D eigenvalue weighted by molar-refractivity contribution is 0.136. The maximum absolute atomic E-state index is 6.14. The molecule has 1 aliphatic rings. The highest BCUT2D eigenvalue weighted by molar-refractivity contribution is 7.11. The van der Waals surface area contributed by atoms with Crippen LogP contribution in [0.15, 0.2) is 30.3 Å². The third-order valence-electron chi connectivity index (χ3n) is 3.58. The number of hydrogen-bond donors (Lipinski definition) is 1. The molecule has 3 nitrogen and oxygen atoms in total. The van der Waals surface area contributed by atoms with Crippen LogP contribution in [-0.2, 0) is 11.2 Å². The number of hydrogen-bond acceptors (Lipinski definition) is 4. The largest absolute Gasteiger partial charge is 0.370 e. The van der Waals surface area contributed by atoms with E-state index >= 15 is 0 Å². The van der Waals surface area contributed by atoms with Crippen molar-refractivity contribution in [2.45, 2.75) is 31.4 Å². The maximum atomic E-state index is 6.14. The second-order valence-corrected chi connectivity index (χ2v) is 6.00. The highest BCUT2D eigenvalue weighted by Crippen LogP contribution is 2.36. The molecule has 19 heavy (non-hydrogen) atoms. The molecule has 2 unspecified atom stereocenters. The molecule has 2 N–H and O–H groups in total. The van der Waals surface area contributed by atoms with Crippen molar-refractivity contribution in [2.24, 2.45) is 5.73 Å². The zero-order valence-electron chi connectivity index (χ0n) is 11.0. The van der Waals surface area contributed by atoms with Crippen LogP contribution < -0.4 is 5.73 Å². The van der Waals surface area contributed by atoms with Crippen molar-refractivity contribution in [3.8, 4) is 0 Å². The first kappa shape index (κ1) is 12.8. The van der Waals surface area contributed by atoms with Crippen LogP contribution in [0, 0.1) is 0 Å². The average molecular weight is 274 g/mol. The Balaban J connectivity index is 1.97. The fraction of sp³-hybridized carbons (Fsp3) is 0.400. The summed E-state index contributed by atoms with van der Waals surface area (Å²) in [4.78, 5) is 6.09. The topological polar surface area (TPSA) is 48.1 Å². The Bertz CT molecular complexity index is 553. The summed E-state index contributed by atoms with van der Waals surface area (Å²) in [5.74, 6) is 0. The number of methoxy groups -OCH3 is 1. The van der Waals surface area contributed by atoms with Gasteiger partial charge in [-0.25, -0.2) is 4.98 Å². The smallest absolute Gasteiger partial charge is 0.134 e. The van der Waals surface area contributed by atoms with E-state index < -0.39 is 0 Å². The van der Waals surface area contributed by atoms with Crippen LogP contribution in [0.4, 0.5) is 0 Å². The van der Waals surface area contributed by atoms with Gasteiger partial charge in [0.15, 0.2) is 0 Å². The normalized spacial score (nSPS) is 20.0. The lowest BCUT2D eigenvalue weighted by Gasteiger charge is -2.16. The lowest BCUT2D eigenvalue weighted by Crippen LogP contribution is -2.16. The van der Waals surface area contributed by atoms with Crippen molar-refractivity contribution >= 4 is 11.3 Å². The number of nitrogens with zero attached hydrogens (tertiary/aromatic N) is 1. The van der Waals surface area contributed by atoms with Gasteiger partial charge in [-0.15, -0.1) is 11.3 Å². The molecule has 0 radical (unpaired) electrons. The van der Waals surface area contributed by atoms with E-state index in [1.165, 1.54) is 11.3 Å². The molecule has 2 aromatic rings. The number of rotatable bonds is 3. The van der Waals surface area contributed by atoms with E-state index in [1.54, 1.807) is 18.4 Å². The molecular weight excluding hydrogens is 256 g/mol. The number of ether oxygens (including phenoxy) is 1. The Morgan fingerprint density at radius 2 is 2.16 bits per heavy atom. The highest BCUT2D eigenvalue weighted by atomic mass is 32.1. The van der Waals surface area contributed by atoms with Gasteiger partial charge >= 0.3 is 0 Å². The van der Waals surface area contributed by atoms with E-state index in [-0.39, 0.29) is 12.1 Å². The Morgan fingerprint density at radius 3 is 2.84 bits per heavy atom. The van der Waals surface area contributed by atoms with Gasteiger partial charge in [0.1, 0.15) is 11.1 Å². The Kier molecular flexibility index (Phi) is 3.64. The minimum atomic E-state index is -0.0796. The van der Waals surface area contributed by atoms with Crippen molar-refractivity contribution < 1.29 is 4.74 Å². The fourth-order valence-corrected chi connectivity index (χ4v) is 3.87. The lowest BCUT2D eigenvalue weighted by atomic mass is 9.98. The second-order valence-electron chi connectivity index (χ2n) is 4.89. The second kappa shape index (κ2) is 5.41. The van der Waals surface area contributed by atoms with Gasteiger partial charge in [-0.2, -0.15) is 0 Å². The predicted molar refractivity (Wildman–Crippen MR) is 77.3 cm³/mol. The number of aryl methyl sites for hydroxylation is 1. The summed E-state index contributed by atoms with van der Waals surface area (Å²) in [5, 5.41) is 1.02. The first-order valence-corrected chi connectivity index (χ1v) is 7.44. The van der Waals surface area contributed by atoms with Crippen LogP contribution in [-0.4, -0.2) is 12.1 Å². The number of nitrogens with two attached hydrogens (primary N) is 1. The molecule has 1 aliphatic carbocycles. The van der Waals surface area contributed by atoms with Gasteiger partial charge in [-0.05, 0) is 24.8 Å². The van der Waals surface area contributed by atoms with Crippen LogP contribution in [0.3, 0.4) is 0 Å². The van der Waals surface area contributed by atoms with Gasteiger partial charge < -0.3 is 10.5 Å². The molecule has 0 saturated heterocycles. The summed E-state index contributed by atoms with van der Waals surface area (Å²) in [6, 6.07) is 10.3. The number of aromatic nitrogens is 1. The molecule has 1 aromatic heterocycles. The minimum absolute atomic E-state index is 0.0796. The standard InChI is InChI=1S/C15H18N2OS/c1-18-14(10-6-3-2-4-7-10)15-17-13-11(16)8-5-9-12(13)19-15/h2-4,6-7,11,14H,5,8-9,16H2,1H3. The summed E-state index contributed by atoms with van der Waals surface area (Å²) in [5.41, 5.74) is 8.37. The zero-order valence-corrected chi connectivity index (χ0v) is 11.8. The summed E-state index contributed by atoms with van der Waals surface area (Å²) in [6.45, 7) is 0. The zero-order chi connectivity index (χ0) is 13.2. The number of thiazole rings is 1. The minimum Gasteiger partial charge on any atom is -0.370 e. The van der Waals surface area contributed by atoms with Crippen LogP contribution in [0.2, 0.25) is 0 Å². The van der Waals surface area contributed by atoms with E-state index in [1.807, 2.05) is 18.2 Å². The first-order valence-electron chi connectivity index (χ1n) is 6.62. The van der Waals surface area contributed by atoms with E-state index in [0.717, 1.165) is 29.1 Å². The third-order valence-corrected chi connectivity index (χ3v) is 4.75. The van der Waals surface area contributed by atoms with Gasteiger partial charge in [-0.3, -0.25) is 0 Å². The molecular formula is C15H18N2OS. The van der Waals surface area contributed by atoms with Gasteiger partial charge in [0, 0.05) is 18.0 Å². The molecule has 4 heteroatoms. The van der Waals surface area contributed by atoms with Crippen molar-refractivity contribution in [3.05, 3.63) is 51.5 Å². The monoisotopic (exact) mass is 274 g/mol. The van der Waals surface area contributed by atoms with Crippen LogP contribution in [0.1, 0.15) is 46.1 Å². The number of benzene rings is 1.